The van der Waals surface area contributed by atoms with Crippen molar-refractivity contribution in [3.63, 3.8) is 0 Å². The van der Waals surface area contributed by atoms with Crippen molar-refractivity contribution in [3.8, 4) is 11.4 Å². The molecular formula is C38H35N9O6. The Labute approximate surface area is 302 Å². The molecule has 268 valence electrons. The molecule has 3 N–H and O–H groups in total. The van der Waals surface area contributed by atoms with Crippen LogP contribution in [0.1, 0.15) is 33.6 Å². The summed E-state index contributed by atoms with van der Waals surface area (Å²) >= 11 is 0. The van der Waals surface area contributed by atoms with Gasteiger partial charge in [0, 0.05) is 59.9 Å². The number of benzene rings is 4. The minimum absolute atomic E-state index is 0.0751. The maximum Gasteiger partial charge on any atom is 0.280 e. The normalized spacial score (nSPS) is 11.9. The number of aromatic amines is 2. The molecule has 0 spiro atoms. The predicted molar refractivity (Wildman–Crippen MR) is 202 cm³/mol. The van der Waals surface area contributed by atoms with E-state index < -0.39 is 9.85 Å². The molecule has 15 nitrogen and oxygen atoms in total. The number of rotatable bonds is 14. The van der Waals surface area contributed by atoms with Crippen LogP contribution in [-0.2, 0) is 0 Å². The number of aliphatic imine (C=N–C) groups is 2. The molecule has 53 heavy (non-hydrogen) atoms. The van der Waals surface area contributed by atoms with Gasteiger partial charge in [-0.1, -0.05) is 60.7 Å². The van der Waals surface area contributed by atoms with E-state index in [0.29, 0.717) is 71.5 Å². The smallest absolute Gasteiger partial charge is 0.280 e. The summed E-state index contributed by atoms with van der Waals surface area (Å²) < 4.78 is 2.70. The highest BCUT2D eigenvalue weighted by molar-refractivity contribution is 6.14. The molecule has 0 fully saturated rings. The molecule has 2 aromatic heterocycles. The van der Waals surface area contributed by atoms with Crippen molar-refractivity contribution in [3.05, 3.63) is 184 Å². The predicted octanol–water partition coefficient (Wildman–Crippen LogP) is 5.04. The highest BCUT2D eigenvalue weighted by atomic mass is 16.6. The zero-order chi connectivity index (χ0) is 37.5. The highest BCUT2D eigenvalue weighted by Crippen LogP contribution is 2.18. The van der Waals surface area contributed by atoms with E-state index in [-0.39, 0.29) is 22.5 Å². The van der Waals surface area contributed by atoms with Crippen molar-refractivity contribution in [2.45, 2.75) is 13.8 Å². The third-order valence-electron chi connectivity index (χ3n) is 8.47. The lowest BCUT2D eigenvalue weighted by atomic mass is 10.0. The molecule has 0 aliphatic heterocycles. The number of hydrogen-bond donors (Lipinski definition) is 3. The molecule has 0 unspecified atom stereocenters. The molecule has 0 bridgehead atoms. The first-order chi connectivity index (χ1) is 25.6. The second kappa shape index (κ2) is 15.9. The van der Waals surface area contributed by atoms with Crippen LogP contribution in [0.15, 0.2) is 129 Å². The van der Waals surface area contributed by atoms with Crippen LogP contribution in [0.3, 0.4) is 0 Å². The van der Waals surface area contributed by atoms with Crippen LogP contribution in [0, 0.1) is 34.1 Å². The van der Waals surface area contributed by atoms with Crippen LogP contribution in [0.5, 0.6) is 0 Å². The number of nitrogens with one attached hydrogen (secondary N) is 3. The molecule has 6 aromatic rings. The van der Waals surface area contributed by atoms with Crippen LogP contribution < -0.4 is 16.4 Å². The number of hydrogen-bond acceptors (Lipinski definition) is 9. The quantitative estimate of drug-likeness (QED) is 0.0608. The lowest BCUT2D eigenvalue weighted by molar-refractivity contribution is -0.385. The maximum absolute atomic E-state index is 13.7. The molecule has 0 radical (unpaired) electrons. The van der Waals surface area contributed by atoms with E-state index in [1.807, 2.05) is 60.7 Å². The fourth-order valence-corrected chi connectivity index (χ4v) is 5.90. The summed E-state index contributed by atoms with van der Waals surface area (Å²) in [5, 5.41) is 31.7. The average Bonchev–Trinajstić information content (AvgIpc) is 3.64. The van der Waals surface area contributed by atoms with Gasteiger partial charge in [0.1, 0.15) is 0 Å². The average molecular weight is 714 g/mol. The van der Waals surface area contributed by atoms with Crippen molar-refractivity contribution in [1.29, 1.82) is 0 Å². The van der Waals surface area contributed by atoms with Crippen LogP contribution in [0.25, 0.3) is 11.4 Å². The third-order valence-corrected chi connectivity index (χ3v) is 8.47. The number of nitro benzene ring substituents is 2. The molecule has 15 heteroatoms. The summed E-state index contributed by atoms with van der Waals surface area (Å²) in [4.78, 5) is 58.3. The van der Waals surface area contributed by atoms with Gasteiger partial charge < -0.3 is 5.32 Å². The number of nitrogens with zero attached hydrogens (tertiary/aromatic N) is 6. The van der Waals surface area contributed by atoms with Gasteiger partial charge in [0.25, 0.3) is 22.5 Å². The van der Waals surface area contributed by atoms with Gasteiger partial charge in [0.05, 0.1) is 56.9 Å². The minimum Gasteiger partial charge on any atom is -0.313 e. The van der Waals surface area contributed by atoms with E-state index in [1.165, 1.54) is 57.9 Å². The molecule has 0 atom stereocenters. The zero-order valence-corrected chi connectivity index (χ0v) is 28.9. The SMILES string of the molecule is Cc1[nH]n(-c2ccc([N+](=O)[O-])cc2)c(=O)c1C(=NCCNCCN=C(c1ccccc1)c1c(C)[nH]n(-c2ccc([N+](=O)[O-])cc2)c1=O)c1ccccc1. The van der Waals surface area contributed by atoms with E-state index in [4.69, 9.17) is 9.98 Å². The molecule has 0 saturated heterocycles. The first-order valence-corrected chi connectivity index (χ1v) is 16.7. The zero-order valence-electron chi connectivity index (χ0n) is 28.9. The Morgan fingerprint density at radius 3 is 1.30 bits per heavy atom. The van der Waals surface area contributed by atoms with E-state index in [9.17, 15) is 29.8 Å². The van der Waals surface area contributed by atoms with Crippen LogP contribution in [0.4, 0.5) is 11.4 Å². The summed E-state index contributed by atoms with van der Waals surface area (Å²) in [6, 6.07) is 30.2. The third kappa shape index (κ3) is 7.84. The Hall–Kier alpha value is -7.00. The molecule has 0 aliphatic rings. The lowest BCUT2D eigenvalue weighted by Gasteiger charge is -2.08. The van der Waals surface area contributed by atoms with Crippen LogP contribution in [-0.4, -0.2) is 67.0 Å². The van der Waals surface area contributed by atoms with Crippen LogP contribution >= 0.6 is 0 Å². The maximum atomic E-state index is 13.7. The van der Waals surface area contributed by atoms with E-state index in [0.717, 1.165) is 11.1 Å². The lowest BCUT2D eigenvalue weighted by Crippen LogP contribution is -2.25. The Morgan fingerprint density at radius 2 is 0.962 bits per heavy atom. The second-order valence-electron chi connectivity index (χ2n) is 12.0. The summed E-state index contributed by atoms with van der Waals surface area (Å²) in [6.07, 6.45) is 0. The largest absolute Gasteiger partial charge is 0.313 e. The Morgan fingerprint density at radius 1 is 0.604 bits per heavy atom. The molecule has 0 saturated carbocycles. The fraction of sp³-hybridized carbons (Fsp3) is 0.158. The van der Waals surface area contributed by atoms with Gasteiger partial charge in [-0.25, -0.2) is 9.36 Å². The number of H-pyrrole nitrogens is 2. The monoisotopic (exact) mass is 713 g/mol. The van der Waals surface area contributed by atoms with Crippen LogP contribution in [0.2, 0.25) is 0 Å². The van der Waals surface area contributed by atoms with E-state index in [2.05, 4.69) is 15.5 Å². The number of aromatic nitrogens is 4. The Balaban J connectivity index is 1.19. The molecule has 4 aromatic carbocycles. The fourth-order valence-electron chi connectivity index (χ4n) is 5.90. The van der Waals surface area contributed by atoms with Crippen molar-refractivity contribution in [1.82, 2.24) is 24.9 Å². The van der Waals surface area contributed by atoms with Gasteiger partial charge in [-0.2, -0.15) is 0 Å². The van der Waals surface area contributed by atoms with E-state index in [1.54, 1.807) is 13.8 Å². The summed E-state index contributed by atoms with van der Waals surface area (Å²) in [5.41, 5.74) is 4.65. The van der Waals surface area contributed by atoms with Gasteiger partial charge >= 0.3 is 0 Å². The summed E-state index contributed by atoms with van der Waals surface area (Å²) in [7, 11) is 0. The van der Waals surface area contributed by atoms with Crippen molar-refractivity contribution < 1.29 is 9.85 Å². The van der Waals surface area contributed by atoms with Crippen molar-refractivity contribution in [2.24, 2.45) is 9.98 Å². The standard InChI is InChI=1S/C38H35N9O6/c1-25-33(37(48)44(42-25)29-13-17-31(18-14-29)46(50)51)35(27-9-5-3-6-10-27)40-23-21-39-22-24-41-36(28-11-7-4-8-12-28)34-26(2)43-45(38(34)49)30-15-19-32(20-16-30)47(52)53/h3-20,39,42-43H,21-24H2,1-2H3. The first kappa shape index (κ1) is 35.8. The first-order valence-electron chi connectivity index (χ1n) is 16.7. The number of aryl methyl sites for hydroxylation is 2. The number of non-ortho nitro benzene ring substituents is 2. The van der Waals surface area contributed by atoms with Gasteiger partial charge in [-0.05, 0) is 38.1 Å². The van der Waals surface area contributed by atoms with Gasteiger partial charge in [-0.3, -0.25) is 50.0 Å². The molecule has 0 aliphatic carbocycles. The highest BCUT2D eigenvalue weighted by Gasteiger charge is 2.21. The molecule has 2 heterocycles. The number of nitro groups is 2. The summed E-state index contributed by atoms with van der Waals surface area (Å²) in [6.45, 7) is 5.20. The van der Waals surface area contributed by atoms with E-state index >= 15 is 0 Å². The van der Waals surface area contributed by atoms with Gasteiger partial charge in [-0.15, -0.1) is 0 Å². The minimum atomic E-state index is -0.494. The van der Waals surface area contributed by atoms with Gasteiger partial charge in [0.2, 0.25) is 0 Å². The second-order valence-corrected chi connectivity index (χ2v) is 12.0. The molecule has 6 rings (SSSR count). The molecular weight excluding hydrogens is 678 g/mol. The van der Waals surface area contributed by atoms with Crippen molar-refractivity contribution >= 4 is 22.8 Å². The topological polar surface area (TPSA) is 199 Å². The summed E-state index contributed by atoms with van der Waals surface area (Å²) in [5.74, 6) is 0. The Kier molecular flexibility index (Phi) is 10.8. The van der Waals surface area contributed by atoms with Crippen molar-refractivity contribution in [2.75, 3.05) is 26.2 Å². The molecule has 0 amide bonds. The van der Waals surface area contributed by atoms with Gasteiger partial charge in [0.15, 0.2) is 0 Å². The Bertz CT molecular complexity index is 2250.